The van der Waals surface area contributed by atoms with Crippen molar-refractivity contribution < 1.29 is 0 Å². The molecule has 0 aliphatic heterocycles. The Balaban J connectivity index is 2.26. The Bertz CT molecular complexity index is 531. The molecule has 18 heavy (non-hydrogen) atoms. The standard InChI is InChI=1S/C14H18BrN3/c1-3-13-17-7-8-18(13)10-14(2,16)11-5-4-6-12(15)9-11/h4-9H,3,10,16H2,1-2H3. The summed E-state index contributed by atoms with van der Waals surface area (Å²) < 4.78 is 3.18. The normalized spacial score (nSPS) is 14.4. The number of rotatable bonds is 4. The van der Waals surface area contributed by atoms with Crippen molar-refractivity contribution in [3.63, 3.8) is 0 Å². The molecule has 0 saturated carbocycles. The third-order valence-electron chi connectivity index (χ3n) is 3.10. The molecule has 2 aromatic rings. The highest BCUT2D eigenvalue weighted by atomic mass is 79.9. The van der Waals surface area contributed by atoms with Gasteiger partial charge in [-0.3, -0.25) is 0 Å². The molecule has 2 N–H and O–H groups in total. The number of imidazole rings is 1. The van der Waals surface area contributed by atoms with Gasteiger partial charge in [0.25, 0.3) is 0 Å². The van der Waals surface area contributed by atoms with Gasteiger partial charge in [-0.25, -0.2) is 4.98 Å². The van der Waals surface area contributed by atoms with Crippen LogP contribution in [0.4, 0.5) is 0 Å². The second-order valence-corrected chi connectivity index (χ2v) is 5.67. The Hall–Kier alpha value is -1.13. The number of benzene rings is 1. The molecule has 0 bridgehead atoms. The van der Waals surface area contributed by atoms with E-state index in [0.29, 0.717) is 0 Å². The van der Waals surface area contributed by atoms with E-state index < -0.39 is 5.54 Å². The Morgan fingerprint density at radius 1 is 1.44 bits per heavy atom. The van der Waals surface area contributed by atoms with Gasteiger partial charge in [0.05, 0.1) is 5.54 Å². The van der Waals surface area contributed by atoms with Crippen molar-refractivity contribution in [2.75, 3.05) is 0 Å². The summed E-state index contributed by atoms with van der Waals surface area (Å²) in [4.78, 5) is 4.33. The predicted molar refractivity (Wildman–Crippen MR) is 77.3 cm³/mol. The number of nitrogens with zero attached hydrogens (tertiary/aromatic N) is 2. The molecule has 1 unspecified atom stereocenters. The number of halogens is 1. The van der Waals surface area contributed by atoms with Gasteiger partial charge in [0.2, 0.25) is 0 Å². The van der Waals surface area contributed by atoms with E-state index in [9.17, 15) is 0 Å². The van der Waals surface area contributed by atoms with E-state index in [2.05, 4.69) is 44.5 Å². The van der Waals surface area contributed by atoms with Crippen molar-refractivity contribution in [1.82, 2.24) is 9.55 Å². The van der Waals surface area contributed by atoms with Gasteiger partial charge in [-0.05, 0) is 24.6 Å². The lowest BCUT2D eigenvalue weighted by Gasteiger charge is -2.26. The van der Waals surface area contributed by atoms with E-state index in [4.69, 9.17) is 5.73 Å². The molecule has 1 atom stereocenters. The minimum absolute atomic E-state index is 0.408. The molecule has 0 saturated heterocycles. The molecular weight excluding hydrogens is 290 g/mol. The first-order valence-electron chi connectivity index (χ1n) is 6.08. The van der Waals surface area contributed by atoms with Crippen molar-refractivity contribution >= 4 is 15.9 Å². The van der Waals surface area contributed by atoms with Gasteiger partial charge in [0.1, 0.15) is 5.82 Å². The van der Waals surface area contributed by atoms with Crippen LogP contribution >= 0.6 is 15.9 Å². The topological polar surface area (TPSA) is 43.8 Å². The van der Waals surface area contributed by atoms with Gasteiger partial charge >= 0.3 is 0 Å². The number of nitrogens with two attached hydrogens (primary N) is 1. The van der Waals surface area contributed by atoms with Gasteiger partial charge in [0.15, 0.2) is 0 Å². The monoisotopic (exact) mass is 307 g/mol. The molecule has 0 aliphatic carbocycles. The molecule has 0 radical (unpaired) electrons. The van der Waals surface area contributed by atoms with Gasteiger partial charge in [-0.2, -0.15) is 0 Å². The van der Waals surface area contributed by atoms with E-state index in [1.54, 1.807) is 0 Å². The highest BCUT2D eigenvalue weighted by molar-refractivity contribution is 9.10. The summed E-state index contributed by atoms with van der Waals surface area (Å²) in [5.74, 6) is 1.07. The second-order valence-electron chi connectivity index (χ2n) is 4.75. The Morgan fingerprint density at radius 2 is 2.22 bits per heavy atom. The van der Waals surface area contributed by atoms with Gasteiger partial charge in [-0.15, -0.1) is 0 Å². The molecule has 1 aromatic carbocycles. The predicted octanol–water partition coefficient (Wildman–Crippen LogP) is 3.08. The molecule has 3 nitrogen and oxygen atoms in total. The highest BCUT2D eigenvalue weighted by Gasteiger charge is 2.22. The van der Waals surface area contributed by atoms with Crippen molar-refractivity contribution in [1.29, 1.82) is 0 Å². The van der Waals surface area contributed by atoms with E-state index in [-0.39, 0.29) is 0 Å². The molecule has 0 amide bonds. The van der Waals surface area contributed by atoms with Crippen LogP contribution in [-0.4, -0.2) is 9.55 Å². The van der Waals surface area contributed by atoms with Crippen molar-refractivity contribution in [2.24, 2.45) is 5.73 Å². The van der Waals surface area contributed by atoms with Crippen LogP contribution < -0.4 is 5.73 Å². The van der Waals surface area contributed by atoms with Crippen molar-refractivity contribution in [2.45, 2.75) is 32.4 Å². The molecule has 0 spiro atoms. The van der Waals surface area contributed by atoms with E-state index in [0.717, 1.165) is 28.8 Å². The van der Waals surface area contributed by atoms with Crippen molar-refractivity contribution in [3.05, 3.63) is 52.5 Å². The van der Waals surface area contributed by atoms with E-state index in [1.165, 1.54) is 0 Å². The molecule has 4 heteroatoms. The van der Waals surface area contributed by atoms with Crippen LogP contribution in [0.25, 0.3) is 0 Å². The molecular formula is C14H18BrN3. The zero-order chi connectivity index (χ0) is 13.2. The van der Waals surface area contributed by atoms with Crippen LogP contribution in [-0.2, 0) is 18.5 Å². The number of aromatic nitrogens is 2. The zero-order valence-electron chi connectivity index (χ0n) is 10.7. The fraction of sp³-hybridized carbons (Fsp3) is 0.357. The SMILES string of the molecule is CCc1nccn1CC(C)(N)c1cccc(Br)c1. The molecule has 1 heterocycles. The average Bonchev–Trinajstić information content (AvgIpc) is 2.75. The quantitative estimate of drug-likeness (QED) is 0.943. The maximum atomic E-state index is 6.45. The Morgan fingerprint density at radius 3 is 2.89 bits per heavy atom. The lowest BCUT2D eigenvalue weighted by atomic mass is 9.93. The molecule has 0 aliphatic rings. The van der Waals surface area contributed by atoms with Gasteiger partial charge in [-0.1, -0.05) is 35.0 Å². The van der Waals surface area contributed by atoms with Gasteiger partial charge in [0, 0.05) is 29.8 Å². The van der Waals surface area contributed by atoms with Crippen LogP contribution in [0.3, 0.4) is 0 Å². The minimum atomic E-state index is -0.408. The maximum Gasteiger partial charge on any atom is 0.108 e. The molecule has 0 fully saturated rings. The summed E-state index contributed by atoms with van der Waals surface area (Å²) in [6.07, 6.45) is 4.74. The van der Waals surface area contributed by atoms with Crippen LogP contribution in [0.2, 0.25) is 0 Å². The summed E-state index contributed by atoms with van der Waals surface area (Å²) in [5, 5.41) is 0. The van der Waals surface area contributed by atoms with Crippen LogP contribution in [0.5, 0.6) is 0 Å². The summed E-state index contributed by atoms with van der Waals surface area (Å²) in [5.41, 5.74) is 7.16. The zero-order valence-corrected chi connectivity index (χ0v) is 12.3. The second kappa shape index (κ2) is 5.24. The summed E-state index contributed by atoms with van der Waals surface area (Å²) in [6.45, 7) is 4.88. The summed E-state index contributed by atoms with van der Waals surface area (Å²) >= 11 is 3.49. The summed E-state index contributed by atoms with van der Waals surface area (Å²) in [7, 11) is 0. The molecule has 2 rings (SSSR count). The lowest BCUT2D eigenvalue weighted by Crippen LogP contribution is -2.38. The highest BCUT2D eigenvalue weighted by Crippen LogP contribution is 2.23. The van der Waals surface area contributed by atoms with E-state index in [1.807, 2.05) is 31.5 Å². The summed E-state index contributed by atoms with van der Waals surface area (Å²) in [6, 6.07) is 8.16. The lowest BCUT2D eigenvalue weighted by molar-refractivity contribution is 0.404. The molecule has 1 aromatic heterocycles. The fourth-order valence-corrected chi connectivity index (χ4v) is 2.49. The largest absolute Gasteiger partial charge is 0.333 e. The Kier molecular flexibility index (Phi) is 3.88. The van der Waals surface area contributed by atoms with E-state index >= 15 is 0 Å². The molecule has 96 valence electrons. The fourth-order valence-electron chi connectivity index (χ4n) is 2.09. The average molecular weight is 308 g/mol. The van der Waals surface area contributed by atoms with Crippen molar-refractivity contribution in [3.8, 4) is 0 Å². The van der Waals surface area contributed by atoms with Gasteiger partial charge < -0.3 is 10.3 Å². The van der Waals surface area contributed by atoms with Crippen LogP contribution in [0.15, 0.2) is 41.1 Å². The maximum absolute atomic E-state index is 6.45. The first kappa shape index (κ1) is 13.3. The number of aryl methyl sites for hydroxylation is 1. The number of hydrogen-bond donors (Lipinski definition) is 1. The smallest absolute Gasteiger partial charge is 0.108 e. The number of hydrogen-bond acceptors (Lipinski definition) is 2. The first-order valence-corrected chi connectivity index (χ1v) is 6.87. The minimum Gasteiger partial charge on any atom is -0.333 e. The third kappa shape index (κ3) is 2.82. The van der Waals surface area contributed by atoms with Crippen LogP contribution in [0.1, 0.15) is 25.2 Å². The van der Waals surface area contributed by atoms with Crippen LogP contribution in [0, 0.1) is 0 Å². The third-order valence-corrected chi connectivity index (χ3v) is 3.59. The first-order chi connectivity index (χ1) is 8.53. The Labute approximate surface area is 116 Å².